The van der Waals surface area contributed by atoms with Gasteiger partial charge in [-0.1, -0.05) is 13.8 Å². The van der Waals surface area contributed by atoms with Gasteiger partial charge in [-0.3, -0.25) is 0 Å². The Morgan fingerprint density at radius 2 is 2.00 bits per heavy atom. The number of pyridine rings is 1. The van der Waals surface area contributed by atoms with Gasteiger partial charge in [0.05, 0.1) is 0 Å². The van der Waals surface area contributed by atoms with E-state index in [1.165, 1.54) is 5.56 Å². The molecule has 3 heteroatoms. The summed E-state index contributed by atoms with van der Waals surface area (Å²) in [5, 5.41) is 8.85. The lowest BCUT2D eigenvalue weighted by Gasteiger charge is -2.08. The highest BCUT2D eigenvalue weighted by molar-refractivity contribution is 5.64. The molecule has 0 bridgehead atoms. The van der Waals surface area contributed by atoms with Crippen LogP contribution in [-0.2, 0) is 11.3 Å². The van der Waals surface area contributed by atoms with E-state index in [1.807, 2.05) is 24.5 Å². The van der Waals surface area contributed by atoms with E-state index in [0.29, 0.717) is 5.92 Å². The van der Waals surface area contributed by atoms with Crippen LogP contribution in [0.15, 0.2) is 12.1 Å². The van der Waals surface area contributed by atoms with Crippen molar-refractivity contribution in [3.8, 4) is 0 Å². The predicted octanol–water partition coefficient (Wildman–Crippen LogP) is 1.80. The van der Waals surface area contributed by atoms with Gasteiger partial charge in [0.15, 0.2) is 11.4 Å². The summed E-state index contributed by atoms with van der Waals surface area (Å²) in [5.74, 6) is -0.461. The van der Waals surface area contributed by atoms with Gasteiger partial charge in [0.1, 0.15) is 0 Å². The van der Waals surface area contributed by atoms with Gasteiger partial charge in [0.2, 0.25) is 6.54 Å². The van der Waals surface area contributed by atoms with Crippen LogP contribution in [0.2, 0.25) is 0 Å². The second kappa shape index (κ2) is 4.43. The lowest BCUT2D eigenvalue weighted by atomic mass is 10.1. The Bertz CT molecular complexity index is 383. The summed E-state index contributed by atoms with van der Waals surface area (Å²) in [6.07, 6.45) is 0. The van der Waals surface area contributed by atoms with Crippen LogP contribution in [0, 0.1) is 13.8 Å². The van der Waals surface area contributed by atoms with Gasteiger partial charge in [0.25, 0.3) is 0 Å². The average Bonchev–Trinajstić information content (AvgIpc) is 2.08. The van der Waals surface area contributed by atoms with Gasteiger partial charge < -0.3 is 5.11 Å². The van der Waals surface area contributed by atoms with Gasteiger partial charge in [0, 0.05) is 25.0 Å². The van der Waals surface area contributed by atoms with Gasteiger partial charge >= 0.3 is 5.97 Å². The number of aliphatic carboxylic acids is 1. The summed E-state index contributed by atoms with van der Waals surface area (Å²) in [4.78, 5) is 10.8. The molecule has 15 heavy (non-hydrogen) atoms. The second-order valence-electron chi connectivity index (χ2n) is 4.23. The molecule has 0 amide bonds. The third-order valence-electron chi connectivity index (χ3n) is 2.43. The molecular weight excluding hydrogens is 190 g/mol. The standard InChI is InChI=1S/C12H17NO2/c1-8(2)11-6-9(3)5-10(4)13(11)7-12(14)15/h5-6,8H,7H2,1-4H3/p+1. The predicted molar refractivity (Wildman–Crippen MR) is 57.8 cm³/mol. The van der Waals surface area contributed by atoms with Crippen molar-refractivity contribution in [2.75, 3.05) is 0 Å². The number of carbonyl (C=O) groups is 1. The number of nitrogens with zero attached hydrogens (tertiary/aromatic N) is 1. The molecule has 82 valence electrons. The van der Waals surface area contributed by atoms with Crippen LogP contribution in [0.5, 0.6) is 0 Å². The minimum atomic E-state index is -0.797. The minimum absolute atomic E-state index is 0.0413. The van der Waals surface area contributed by atoms with Crippen LogP contribution in [0.4, 0.5) is 0 Å². The van der Waals surface area contributed by atoms with Gasteiger partial charge in [-0.25, -0.2) is 4.79 Å². The number of carboxylic acids is 1. The molecule has 0 saturated heterocycles. The largest absolute Gasteiger partial charge is 0.477 e. The Hall–Kier alpha value is -1.38. The van der Waals surface area contributed by atoms with E-state index < -0.39 is 5.97 Å². The summed E-state index contributed by atoms with van der Waals surface area (Å²) in [5.41, 5.74) is 3.26. The Labute approximate surface area is 90.4 Å². The average molecular weight is 208 g/mol. The number of hydrogen-bond acceptors (Lipinski definition) is 1. The fraction of sp³-hybridized carbons (Fsp3) is 0.500. The monoisotopic (exact) mass is 208 g/mol. The highest BCUT2D eigenvalue weighted by Crippen LogP contribution is 2.12. The first-order valence-electron chi connectivity index (χ1n) is 5.14. The number of aromatic nitrogens is 1. The molecule has 0 aliphatic heterocycles. The maximum Gasteiger partial charge on any atom is 0.370 e. The van der Waals surface area contributed by atoms with E-state index >= 15 is 0 Å². The van der Waals surface area contributed by atoms with Crippen molar-refractivity contribution in [2.45, 2.75) is 40.2 Å². The fourth-order valence-electron chi connectivity index (χ4n) is 1.79. The zero-order valence-corrected chi connectivity index (χ0v) is 9.74. The van der Waals surface area contributed by atoms with Crippen LogP contribution in [0.1, 0.15) is 36.7 Å². The lowest BCUT2D eigenvalue weighted by molar-refractivity contribution is -0.700. The molecule has 0 aliphatic rings. The minimum Gasteiger partial charge on any atom is -0.477 e. The van der Waals surface area contributed by atoms with E-state index in [-0.39, 0.29) is 6.54 Å². The molecule has 0 unspecified atom stereocenters. The summed E-state index contributed by atoms with van der Waals surface area (Å²) in [6, 6.07) is 4.06. The van der Waals surface area contributed by atoms with Crippen molar-refractivity contribution in [2.24, 2.45) is 0 Å². The molecule has 3 nitrogen and oxygen atoms in total. The van der Waals surface area contributed by atoms with Crippen LogP contribution >= 0.6 is 0 Å². The molecule has 1 aromatic rings. The maximum atomic E-state index is 10.8. The SMILES string of the molecule is Cc1cc(C)[n+](CC(=O)O)c(C(C)C)c1. The second-order valence-corrected chi connectivity index (χ2v) is 4.23. The first-order valence-corrected chi connectivity index (χ1v) is 5.14. The van der Waals surface area contributed by atoms with Crippen molar-refractivity contribution >= 4 is 5.97 Å². The van der Waals surface area contributed by atoms with Crippen molar-refractivity contribution in [1.82, 2.24) is 0 Å². The molecule has 0 saturated carbocycles. The zero-order valence-electron chi connectivity index (χ0n) is 9.74. The first kappa shape index (κ1) is 11.7. The van der Waals surface area contributed by atoms with Crippen molar-refractivity contribution in [3.63, 3.8) is 0 Å². The Morgan fingerprint density at radius 1 is 1.40 bits per heavy atom. The highest BCUT2D eigenvalue weighted by Gasteiger charge is 2.20. The topological polar surface area (TPSA) is 41.2 Å². The molecule has 0 atom stereocenters. The fourth-order valence-corrected chi connectivity index (χ4v) is 1.79. The van der Waals surface area contributed by atoms with Crippen LogP contribution < -0.4 is 4.57 Å². The number of rotatable bonds is 3. The third kappa shape index (κ3) is 2.78. The molecule has 0 fully saturated rings. The molecule has 0 aliphatic carbocycles. The Kier molecular flexibility index (Phi) is 3.45. The first-order chi connectivity index (χ1) is 6.91. The zero-order chi connectivity index (χ0) is 11.6. The molecule has 0 radical (unpaired) electrons. The number of aryl methyl sites for hydroxylation is 2. The van der Waals surface area contributed by atoms with Gasteiger partial charge in [-0.15, -0.1) is 0 Å². The van der Waals surface area contributed by atoms with E-state index in [1.54, 1.807) is 0 Å². The Morgan fingerprint density at radius 3 is 2.47 bits per heavy atom. The summed E-state index contributed by atoms with van der Waals surface area (Å²) in [6.45, 7) is 8.17. The normalized spacial score (nSPS) is 10.7. The van der Waals surface area contributed by atoms with Crippen LogP contribution in [-0.4, -0.2) is 11.1 Å². The quantitative estimate of drug-likeness (QED) is 0.769. The molecule has 1 heterocycles. The third-order valence-corrected chi connectivity index (χ3v) is 2.43. The molecule has 1 N–H and O–H groups in total. The number of carboxylic acid groups (broad SMARTS) is 1. The molecular formula is C12H18NO2+. The van der Waals surface area contributed by atoms with E-state index in [0.717, 1.165) is 11.4 Å². The molecule has 1 rings (SSSR count). The van der Waals surface area contributed by atoms with Crippen LogP contribution in [0.3, 0.4) is 0 Å². The molecule has 0 aromatic carbocycles. The summed E-state index contributed by atoms with van der Waals surface area (Å²) < 4.78 is 1.86. The maximum absolute atomic E-state index is 10.8. The summed E-state index contributed by atoms with van der Waals surface area (Å²) in [7, 11) is 0. The molecule has 1 aromatic heterocycles. The number of hydrogen-bond donors (Lipinski definition) is 1. The lowest BCUT2D eigenvalue weighted by Crippen LogP contribution is -2.45. The Balaban J connectivity index is 3.26. The van der Waals surface area contributed by atoms with Crippen molar-refractivity contribution in [3.05, 3.63) is 29.1 Å². The van der Waals surface area contributed by atoms with Gasteiger partial charge in [-0.2, -0.15) is 4.57 Å². The van der Waals surface area contributed by atoms with E-state index in [4.69, 9.17) is 5.11 Å². The van der Waals surface area contributed by atoms with E-state index in [9.17, 15) is 4.79 Å². The van der Waals surface area contributed by atoms with Gasteiger partial charge in [-0.05, 0) is 12.5 Å². The highest BCUT2D eigenvalue weighted by atomic mass is 16.4. The van der Waals surface area contributed by atoms with Crippen LogP contribution in [0.25, 0.3) is 0 Å². The van der Waals surface area contributed by atoms with Crippen molar-refractivity contribution in [1.29, 1.82) is 0 Å². The smallest absolute Gasteiger partial charge is 0.370 e. The van der Waals surface area contributed by atoms with Crippen molar-refractivity contribution < 1.29 is 14.5 Å². The molecule has 0 spiro atoms. The van der Waals surface area contributed by atoms with E-state index in [2.05, 4.69) is 19.9 Å². The summed E-state index contributed by atoms with van der Waals surface area (Å²) >= 11 is 0.